The Labute approximate surface area is 167 Å². The predicted octanol–water partition coefficient (Wildman–Crippen LogP) is 3.24. The number of ether oxygens (including phenoxy) is 1. The van der Waals surface area contributed by atoms with Crippen molar-refractivity contribution in [2.24, 2.45) is 0 Å². The number of rotatable bonds is 5. The highest BCUT2D eigenvalue weighted by Crippen LogP contribution is 2.21. The van der Waals surface area contributed by atoms with Crippen LogP contribution >= 0.6 is 0 Å². The molecular formula is C22H21F2N3O2. The first-order valence-corrected chi connectivity index (χ1v) is 9.51. The fourth-order valence-corrected chi connectivity index (χ4v) is 3.49. The Morgan fingerprint density at radius 2 is 1.76 bits per heavy atom. The first-order valence-electron chi connectivity index (χ1n) is 9.51. The molecule has 4 rings (SSSR count). The molecule has 0 saturated carbocycles. The molecule has 29 heavy (non-hydrogen) atoms. The quantitative estimate of drug-likeness (QED) is 0.663. The molecule has 0 aliphatic carbocycles. The van der Waals surface area contributed by atoms with Gasteiger partial charge in [0.25, 0.3) is 5.91 Å². The van der Waals surface area contributed by atoms with Gasteiger partial charge in [0.1, 0.15) is 17.4 Å². The van der Waals surface area contributed by atoms with Gasteiger partial charge in [0.05, 0.1) is 5.52 Å². The molecule has 2 heterocycles. The number of hydrogen-bond donors (Lipinski definition) is 0. The number of carbonyl (C=O) groups is 1. The maximum absolute atomic E-state index is 14.0. The van der Waals surface area contributed by atoms with Crippen LogP contribution in [0.2, 0.25) is 0 Å². The molecule has 0 bridgehead atoms. The summed E-state index contributed by atoms with van der Waals surface area (Å²) in [5.74, 6) is -0.241. The number of halogens is 2. The maximum atomic E-state index is 14.0. The molecule has 7 heteroatoms. The van der Waals surface area contributed by atoms with E-state index in [4.69, 9.17) is 4.74 Å². The lowest BCUT2D eigenvalue weighted by Gasteiger charge is -2.34. The normalized spacial score (nSPS) is 14.9. The fourth-order valence-electron chi connectivity index (χ4n) is 3.49. The highest BCUT2D eigenvalue weighted by Gasteiger charge is 2.22. The van der Waals surface area contributed by atoms with Crippen LogP contribution in [0.25, 0.3) is 10.9 Å². The first-order chi connectivity index (χ1) is 14.1. The summed E-state index contributed by atoms with van der Waals surface area (Å²) in [7, 11) is 0. The van der Waals surface area contributed by atoms with Crippen LogP contribution in [0.5, 0.6) is 5.75 Å². The third-order valence-electron chi connectivity index (χ3n) is 5.09. The third kappa shape index (κ3) is 4.51. The zero-order valence-corrected chi connectivity index (χ0v) is 15.9. The van der Waals surface area contributed by atoms with Gasteiger partial charge in [-0.3, -0.25) is 14.7 Å². The summed E-state index contributed by atoms with van der Waals surface area (Å²) in [4.78, 5) is 20.7. The molecule has 0 atom stereocenters. The largest absolute Gasteiger partial charge is 0.484 e. The van der Waals surface area contributed by atoms with Gasteiger partial charge in [-0.2, -0.15) is 0 Å². The standard InChI is InChI=1S/C22H21F2N3O2/c23-17-4-6-18(7-5-17)29-15-21(28)27-12-10-26(11-13-27)14-16-3-8-20(24)19-2-1-9-25-22(16)19/h1-9H,10-15H2. The monoisotopic (exact) mass is 397 g/mol. The van der Waals surface area contributed by atoms with Crippen LogP contribution in [0.3, 0.4) is 0 Å². The number of carbonyl (C=O) groups excluding carboxylic acids is 1. The molecule has 2 aromatic carbocycles. The SMILES string of the molecule is O=C(COc1ccc(F)cc1)N1CCN(Cc2ccc(F)c3cccnc23)CC1. The van der Waals surface area contributed by atoms with E-state index in [1.165, 1.54) is 30.3 Å². The van der Waals surface area contributed by atoms with Crippen molar-refractivity contribution in [3.05, 3.63) is 71.9 Å². The lowest BCUT2D eigenvalue weighted by Crippen LogP contribution is -2.49. The Balaban J connectivity index is 1.31. The third-order valence-corrected chi connectivity index (χ3v) is 5.09. The van der Waals surface area contributed by atoms with E-state index in [2.05, 4.69) is 9.88 Å². The number of benzene rings is 2. The molecule has 3 aromatic rings. The molecule has 150 valence electrons. The molecule has 1 fully saturated rings. The van der Waals surface area contributed by atoms with E-state index < -0.39 is 0 Å². The molecule has 0 N–H and O–H groups in total. The molecule has 1 amide bonds. The van der Waals surface area contributed by atoms with Crippen LogP contribution in [0, 0.1) is 11.6 Å². The molecule has 1 saturated heterocycles. The number of pyridine rings is 1. The van der Waals surface area contributed by atoms with Gasteiger partial charge in [0, 0.05) is 44.3 Å². The average molecular weight is 397 g/mol. The van der Waals surface area contributed by atoms with Crippen molar-refractivity contribution >= 4 is 16.8 Å². The minimum absolute atomic E-state index is 0.0713. The molecule has 0 radical (unpaired) electrons. The van der Waals surface area contributed by atoms with Gasteiger partial charge >= 0.3 is 0 Å². The zero-order chi connectivity index (χ0) is 20.2. The number of piperazine rings is 1. The van der Waals surface area contributed by atoms with Gasteiger partial charge in [-0.1, -0.05) is 6.07 Å². The summed E-state index contributed by atoms with van der Waals surface area (Å²) < 4.78 is 32.3. The summed E-state index contributed by atoms with van der Waals surface area (Å²) in [6, 6.07) is 12.3. The van der Waals surface area contributed by atoms with Gasteiger partial charge in [-0.25, -0.2) is 8.78 Å². The Hall–Kier alpha value is -3.06. The Morgan fingerprint density at radius 3 is 2.52 bits per heavy atom. The molecule has 0 unspecified atom stereocenters. The van der Waals surface area contributed by atoms with Crippen LogP contribution in [0.15, 0.2) is 54.7 Å². The highest BCUT2D eigenvalue weighted by molar-refractivity contribution is 5.82. The van der Waals surface area contributed by atoms with Crippen LogP contribution < -0.4 is 4.74 Å². The van der Waals surface area contributed by atoms with E-state index in [1.807, 2.05) is 0 Å². The number of fused-ring (bicyclic) bond motifs is 1. The lowest BCUT2D eigenvalue weighted by atomic mass is 10.1. The van der Waals surface area contributed by atoms with Crippen molar-refractivity contribution in [2.75, 3.05) is 32.8 Å². The Morgan fingerprint density at radius 1 is 1.00 bits per heavy atom. The van der Waals surface area contributed by atoms with Gasteiger partial charge in [0.15, 0.2) is 6.61 Å². The zero-order valence-electron chi connectivity index (χ0n) is 15.9. The van der Waals surface area contributed by atoms with E-state index in [9.17, 15) is 13.6 Å². The fraction of sp³-hybridized carbons (Fsp3) is 0.273. The summed E-state index contributed by atoms with van der Waals surface area (Å²) in [6.45, 7) is 3.21. The molecular weight excluding hydrogens is 376 g/mol. The first kappa shape index (κ1) is 19.3. The van der Waals surface area contributed by atoms with E-state index in [1.54, 1.807) is 29.3 Å². The van der Waals surface area contributed by atoms with E-state index >= 15 is 0 Å². The number of aromatic nitrogens is 1. The number of hydrogen-bond acceptors (Lipinski definition) is 4. The second-order valence-electron chi connectivity index (χ2n) is 7.01. The summed E-state index contributed by atoms with van der Waals surface area (Å²) in [6.07, 6.45) is 1.67. The maximum Gasteiger partial charge on any atom is 0.260 e. The van der Waals surface area contributed by atoms with Crippen molar-refractivity contribution in [2.45, 2.75) is 6.54 Å². The number of nitrogens with zero attached hydrogens (tertiary/aromatic N) is 3. The summed E-state index contributed by atoms with van der Waals surface area (Å²) >= 11 is 0. The smallest absolute Gasteiger partial charge is 0.260 e. The van der Waals surface area contributed by atoms with Crippen LogP contribution in [0.1, 0.15) is 5.56 Å². The summed E-state index contributed by atoms with van der Waals surface area (Å²) in [5, 5.41) is 0.525. The van der Waals surface area contributed by atoms with Gasteiger partial charge in [-0.15, -0.1) is 0 Å². The molecule has 1 aromatic heterocycles. The molecule has 1 aliphatic heterocycles. The van der Waals surface area contributed by atoms with E-state index in [0.717, 1.165) is 5.56 Å². The van der Waals surface area contributed by atoms with Crippen LogP contribution in [0.4, 0.5) is 8.78 Å². The van der Waals surface area contributed by atoms with Crippen molar-refractivity contribution < 1.29 is 18.3 Å². The van der Waals surface area contributed by atoms with Crippen molar-refractivity contribution in [3.63, 3.8) is 0 Å². The van der Waals surface area contributed by atoms with E-state index in [-0.39, 0.29) is 24.1 Å². The second-order valence-corrected chi connectivity index (χ2v) is 7.01. The Bertz CT molecular complexity index is 1000. The molecule has 0 spiro atoms. The van der Waals surface area contributed by atoms with E-state index in [0.29, 0.717) is 49.4 Å². The molecule has 5 nitrogen and oxygen atoms in total. The van der Waals surface area contributed by atoms with Gasteiger partial charge < -0.3 is 9.64 Å². The van der Waals surface area contributed by atoms with Crippen LogP contribution in [-0.4, -0.2) is 53.5 Å². The van der Waals surface area contributed by atoms with Gasteiger partial charge in [0.2, 0.25) is 0 Å². The van der Waals surface area contributed by atoms with Crippen molar-refractivity contribution in [1.82, 2.24) is 14.8 Å². The lowest BCUT2D eigenvalue weighted by molar-refractivity contribution is -0.135. The predicted molar refractivity (Wildman–Crippen MR) is 105 cm³/mol. The second kappa shape index (κ2) is 8.53. The summed E-state index contributed by atoms with van der Waals surface area (Å²) in [5.41, 5.74) is 1.65. The minimum Gasteiger partial charge on any atom is -0.484 e. The minimum atomic E-state index is -0.344. The molecule has 1 aliphatic rings. The van der Waals surface area contributed by atoms with Gasteiger partial charge in [-0.05, 0) is 48.0 Å². The van der Waals surface area contributed by atoms with Crippen molar-refractivity contribution in [3.8, 4) is 5.75 Å². The highest BCUT2D eigenvalue weighted by atomic mass is 19.1. The number of amides is 1. The van der Waals surface area contributed by atoms with Crippen molar-refractivity contribution in [1.29, 1.82) is 0 Å². The topological polar surface area (TPSA) is 45.7 Å². The van der Waals surface area contributed by atoms with Crippen LogP contribution in [-0.2, 0) is 11.3 Å². The average Bonchev–Trinajstić information content (AvgIpc) is 2.76. The Kier molecular flexibility index (Phi) is 5.67.